The van der Waals surface area contributed by atoms with Crippen LogP contribution in [-0.4, -0.2) is 22.2 Å². The second-order valence-electron chi connectivity index (χ2n) is 2.47. The van der Waals surface area contributed by atoms with Crippen LogP contribution in [0.25, 0.3) is 0 Å². The minimum absolute atomic E-state index is 0. The Morgan fingerprint density at radius 2 is 1.27 bits per heavy atom. The first-order chi connectivity index (χ1) is 4.63. The summed E-state index contributed by atoms with van der Waals surface area (Å²) < 4.78 is 0. The molecular weight excluding hydrogens is 172 g/mol. The van der Waals surface area contributed by atoms with Crippen LogP contribution in [0.3, 0.4) is 0 Å². The monoisotopic (exact) mass is 180 g/mol. The first kappa shape index (κ1) is 10.2. The maximum atomic E-state index is 10.2. The Labute approximate surface area is 69.6 Å². The first-order valence-electron chi connectivity index (χ1n) is 3.08. The largest absolute Gasteiger partial charge is 0.481 e. The van der Waals surface area contributed by atoms with E-state index in [1.165, 1.54) is 0 Å². The van der Waals surface area contributed by atoms with E-state index in [0.29, 0.717) is 12.8 Å². The molecule has 0 heterocycles. The van der Waals surface area contributed by atoms with Crippen molar-refractivity contribution in [3.63, 3.8) is 0 Å². The van der Waals surface area contributed by atoms with Crippen LogP contribution in [0, 0.1) is 11.8 Å². The number of aliphatic carboxylic acids is 2. The van der Waals surface area contributed by atoms with Gasteiger partial charge >= 0.3 is 11.9 Å². The van der Waals surface area contributed by atoms with E-state index < -0.39 is 23.8 Å². The molecule has 1 aliphatic carbocycles. The Hall–Kier alpha value is -0.770. The average molecular weight is 181 g/mol. The highest BCUT2D eigenvalue weighted by Gasteiger charge is 2.41. The fourth-order valence-corrected chi connectivity index (χ4v) is 1.09. The van der Waals surface area contributed by atoms with Gasteiger partial charge in [-0.2, -0.15) is 0 Å². The van der Waals surface area contributed by atoms with Crippen LogP contribution in [0.1, 0.15) is 12.8 Å². The van der Waals surface area contributed by atoms with Crippen LogP contribution in [-0.2, 0) is 9.59 Å². The molecule has 0 aromatic carbocycles. The normalized spacial score (nSPS) is 28.0. The topological polar surface area (TPSA) is 74.6 Å². The van der Waals surface area contributed by atoms with Gasteiger partial charge in [0.05, 0.1) is 11.8 Å². The number of hydrogen-bond donors (Lipinski definition) is 2. The summed E-state index contributed by atoms with van der Waals surface area (Å²) in [5, 5.41) is 16.8. The number of halogens is 1. The molecule has 2 unspecified atom stereocenters. The molecule has 0 aromatic heterocycles. The average Bonchev–Trinajstić information content (AvgIpc) is 1.56. The van der Waals surface area contributed by atoms with Crippen LogP contribution < -0.4 is 0 Å². The molecule has 2 N–H and O–H groups in total. The van der Waals surface area contributed by atoms with Crippen molar-refractivity contribution in [2.24, 2.45) is 11.8 Å². The van der Waals surface area contributed by atoms with E-state index in [0.717, 1.165) is 0 Å². The zero-order valence-corrected chi connectivity index (χ0v) is 6.50. The lowest BCUT2D eigenvalue weighted by atomic mass is 9.74. The molecule has 0 radical (unpaired) electrons. The molecule has 4 nitrogen and oxygen atoms in total. The van der Waals surface area contributed by atoms with E-state index in [-0.39, 0.29) is 12.4 Å². The van der Waals surface area contributed by atoms with Crippen molar-refractivity contribution in [3.05, 3.63) is 0 Å². The third kappa shape index (κ3) is 1.83. The molecule has 0 saturated heterocycles. The predicted octanol–water partition coefficient (Wildman–Crippen LogP) is 0.604. The van der Waals surface area contributed by atoms with Crippen molar-refractivity contribution in [2.45, 2.75) is 12.8 Å². The molecule has 0 aliphatic heterocycles. The zero-order chi connectivity index (χ0) is 7.72. The van der Waals surface area contributed by atoms with Crippen LogP contribution in [0.5, 0.6) is 0 Å². The Kier molecular flexibility index (Phi) is 3.32. The molecule has 5 heteroatoms. The summed E-state index contributed by atoms with van der Waals surface area (Å²) in [5.41, 5.74) is 0. The van der Waals surface area contributed by atoms with Crippen molar-refractivity contribution >= 4 is 24.3 Å². The third-order valence-corrected chi connectivity index (χ3v) is 1.91. The van der Waals surface area contributed by atoms with E-state index >= 15 is 0 Å². The Morgan fingerprint density at radius 1 is 1.00 bits per heavy atom. The van der Waals surface area contributed by atoms with Gasteiger partial charge in [0.2, 0.25) is 0 Å². The van der Waals surface area contributed by atoms with E-state index in [4.69, 9.17) is 10.2 Å². The smallest absolute Gasteiger partial charge is 0.307 e. The molecule has 1 aliphatic rings. The lowest BCUT2D eigenvalue weighted by molar-refractivity contribution is -0.160. The van der Waals surface area contributed by atoms with E-state index in [9.17, 15) is 9.59 Å². The van der Waals surface area contributed by atoms with Gasteiger partial charge in [0, 0.05) is 0 Å². The Balaban J connectivity index is 0.000001000. The highest BCUT2D eigenvalue weighted by molar-refractivity contribution is 5.85. The maximum Gasteiger partial charge on any atom is 0.307 e. The summed E-state index contributed by atoms with van der Waals surface area (Å²) in [4.78, 5) is 20.5. The van der Waals surface area contributed by atoms with Crippen molar-refractivity contribution in [3.8, 4) is 0 Å². The van der Waals surface area contributed by atoms with Crippen molar-refractivity contribution in [2.75, 3.05) is 0 Å². The molecule has 0 bridgehead atoms. The molecule has 0 amide bonds. The Bertz CT molecular complexity index is 159. The van der Waals surface area contributed by atoms with Gasteiger partial charge in [-0.15, -0.1) is 12.4 Å². The highest BCUT2D eigenvalue weighted by Crippen LogP contribution is 2.34. The van der Waals surface area contributed by atoms with Gasteiger partial charge in [-0.1, -0.05) is 0 Å². The van der Waals surface area contributed by atoms with Crippen molar-refractivity contribution < 1.29 is 19.8 Å². The van der Waals surface area contributed by atoms with Crippen molar-refractivity contribution in [1.82, 2.24) is 0 Å². The fourth-order valence-electron chi connectivity index (χ4n) is 1.09. The molecule has 0 spiro atoms. The van der Waals surface area contributed by atoms with Gasteiger partial charge in [-0.05, 0) is 12.8 Å². The minimum Gasteiger partial charge on any atom is -0.481 e. The maximum absolute atomic E-state index is 10.2. The number of rotatable bonds is 2. The summed E-state index contributed by atoms with van der Waals surface area (Å²) in [6, 6.07) is 0. The minimum atomic E-state index is -0.987. The molecule has 64 valence electrons. The summed E-state index contributed by atoms with van der Waals surface area (Å²) in [6.45, 7) is 0. The highest BCUT2D eigenvalue weighted by atomic mass is 35.5. The molecule has 11 heavy (non-hydrogen) atoms. The van der Waals surface area contributed by atoms with Crippen LogP contribution >= 0.6 is 12.4 Å². The number of carbonyl (C=O) groups is 2. The van der Waals surface area contributed by atoms with Crippen LogP contribution in [0.15, 0.2) is 0 Å². The van der Waals surface area contributed by atoms with E-state index in [1.54, 1.807) is 0 Å². The molecule has 1 saturated carbocycles. The van der Waals surface area contributed by atoms with E-state index in [2.05, 4.69) is 0 Å². The van der Waals surface area contributed by atoms with Gasteiger partial charge in [0.25, 0.3) is 0 Å². The molecule has 1 rings (SSSR count). The number of hydrogen-bond acceptors (Lipinski definition) is 2. The molecule has 0 aromatic rings. The summed E-state index contributed by atoms with van der Waals surface area (Å²) in [5.74, 6) is -3.26. The molecular formula is C6H9ClO4. The standard InChI is InChI=1S/C6H8O4.ClH/c7-5(8)3-1-2-4(3)6(9)10;/h3-4H,1-2H2,(H,7,8)(H,9,10);1H. The number of carboxylic acid groups (broad SMARTS) is 2. The number of carboxylic acids is 2. The van der Waals surface area contributed by atoms with Gasteiger partial charge in [0.1, 0.15) is 0 Å². The quantitative estimate of drug-likeness (QED) is 0.653. The fraction of sp³-hybridized carbons (Fsp3) is 0.667. The Morgan fingerprint density at radius 3 is 1.36 bits per heavy atom. The van der Waals surface area contributed by atoms with Gasteiger partial charge < -0.3 is 10.2 Å². The first-order valence-corrected chi connectivity index (χ1v) is 3.08. The van der Waals surface area contributed by atoms with Gasteiger partial charge in [0.15, 0.2) is 0 Å². The SMILES string of the molecule is Cl.O=C(O)C1CCC1C(=O)O. The second kappa shape index (κ2) is 3.57. The van der Waals surface area contributed by atoms with Crippen LogP contribution in [0.4, 0.5) is 0 Å². The van der Waals surface area contributed by atoms with E-state index in [1.807, 2.05) is 0 Å². The predicted molar refractivity (Wildman–Crippen MR) is 38.7 cm³/mol. The second-order valence-corrected chi connectivity index (χ2v) is 2.47. The summed E-state index contributed by atoms with van der Waals surface area (Å²) in [6.07, 6.45) is 1.01. The summed E-state index contributed by atoms with van der Waals surface area (Å²) in [7, 11) is 0. The third-order valence-electron chi connectivity index (χ3n) is 1.91. The molecule has 1 fully saturated rings. The summed E-state index contributed by atoms with van der Waals surface area (Å²) >= 11 is 0. The van der Waals surface area contributed by atoms with Crippen LogP contribution in [0.2, 0.25) is 0 Å². The molecule has 2 atom stereocenters. The lowest BCUT2D eigenvalue weighted by Gasteiger charge is -2.29. The van der Waals surface area contributed by atoms with Gasteiger partial charge in [-0.3, -0.25) is 9.59 Å². The van der Waals surface area contributed by atoms with Gasteiger partial charge in [-0.25, -0.2) is 0 Å². The zero-order valence-electron chi connectivity index (χ0n) is 5.69. The van der Waals surface area contributed by atoms with Crippen molar-refractivity contribution in [1.29, 1.82) is 0 Å². The lowest BCUT2D eigenvalue weighted by Crippen LogP contribution is -2.37.